The molecule has 0 saturated carbocycles. The van der Waals surface area contributed by atoms with E-state index in [4.69, 9.17) is 11.6 Å². The average Bonchev–Trinajstić information content (AvgIpc) is 2.88. The normalized spacial score (nSPS) is 16.3. The van der Waals surface area contributed by atoms with Gasteiger partial charge < -0.3 is 20.0 Å². The van der Waals surface area contributed by atoms with Crippen molar-refractivity contribution in [2.75, 3.05) is 54.4 Å². The van der Waals surface area contributed by atoms with Crippen molar-refractivity contribution in [1.82, 2.24) is 4.90 Å². The summed E-state index contributed by atoms with van der Waals surface area (Å²) in [5.74, 6) is -0.360. The first kappa shape index (κ1) is 25.8. The molecule has 2 aliphatic heterocycles. The van der Waals surface area contributed by atoms with Crippen molar-refractivity contribution in [3.8, 4) is 0 Å². The third kappa shape index (κ3) is 5.73. The van der Waals surface area contributed by atoms with Gasteiger partial charge in [-0.05, 0) is 49.6 Å². The Kier molecular flexibility index (Phi) is 7.98. The number of piperazine rings is 1. The monoisotopic (exact) mass is 513 g/mol. The summed E-state index contributed by atoms with van der Waals surface area (Å²) in [4.78, 5) is 42.9. The zero-order chi connectivity index (χ0) is 25.8. The van der Waals surface area contributed by atoms with Gasteiger partial charge in [0.1, 0.15) is 5.69 Å². The van der Waals surface area contributed by atoms with E-state index in [1.807, 2.05) is 29.7 Å². The number of anilines is 3. The molecule has 9 nitrogen and oxygen atoms in total. The van der Waals surface area contributed by atoms with E-state index in [1.54, 1.807) is 24.3 Å². The first-order valence-electron chi connectivity index (χ1n) is 12.4. The maximum Gasteiger partial charge on any atom is 0.293 e. The zero-order valence-electron chi connectivity index (χ0n) is 20.7. The molecule has 0 aromatic heterocycles. The number of nitro groups is 1. The average molecular weight is 514 g/mol. The fourth-order valence-electron chi connectivity index (χ4n) is 4.82. The lowest BCUT2D eigenvalue weighted by Crippen LogP contribution is -2.50. The molecule has 2 heterocycles. The number of hydrogen-bond acceptors (Lipinski definition) is 6. The SMILES string of the molecule is CC(C)C(=O)N1CCN(c2ccc(Cl)cc2NC(=O)c2ccc(N3CCCCC3)c([N+](=O)[O-])c2)CC1. The van der Waals surface area contributed by atoms with Crippen molar-refractivity contribution in [2.45, 2.75) is 33.1 Å². The van der Waals surface area contributed by atoms with Crippen LogP contribution in [0.1, 0.15) is 43.5 Å². The molecule has 0 bridgehead atoms. The predicted octanol–water partition coefficient (Wildman–Crippen LogP) is 4.80. The van der Waals surface area contributed by atoms with Gasteiger partial charge in [-0.3, -0.25) is 19.7 Å². The summed E-state index contributed by atoms with van der Waals surface area (Å²) in [6.07, 6.45) is 3.11. The highest BCUT2D eigenvalue weighted by atomic mass is 35.5. The van der Waals surface area contributed by atoms with Gasteiger partial charge in [0, 0.05) is 61.8 Å². The van der Waals surface area contributed by atoms with E-state index in [1.165, 1.54) is 6.07 Å². The molecule has 192 valence electrons. The highest BCUT2D eigenvalue weighted by Crippen LogP contribution is 2.33. The van der Waals surface area contributed by atoms with Crippen LogP contribution in [0.3, 0.4) is 0 Å². The van der Waals surface area contributed by atoms with Crippen molar-refractivity contribution in [2.24, 2.45) is 5.92 Å². The number of nitrogens with one attached hydrogen (secondary N) is 1. The van der Waals surface area contributed by atoms with Gasteiger partial charge in [-0.15, -0.1) is 0 Å². The summed E-state index contributed by atoms with van der Waals surface area (Å²) in [5.41, 5.74) is 2.01. The van der Waals surface area contributed by atoms with Crippen molar-refractivity contribution < 1.29 is 14.5 Å². The number of amides is 2. The minimum Gasteiger partial charge on any atom is -0.366 e. The van der Waals surface area contributed by atoms with E-state index >= 15 is 0 Å². The standard InChI is InChI=1S/C26H32ClN5O4/c1-18(2)26(34)31-14-12-30(13-15-31)22-9-7-20(27)17-21(22)28-25(33)19-6-8-23(24(16-19)32(35)36)29-10-4-3-5-11-29/h6-9,16-18H,3-5,10-15H2,1-2H3,(H,28,33). The van der Waals surface area contributed by atoms with Crippen molar-refractivity contribution in [1.29, 1.82) is 0 Å². The van der Waals surface area contributed by atoms with Crippen LogP contribution in [0.2, 0.25) is 5.02 Å². The second kappa shape index (κ2) is 11.2. The molecule has 1 N–H and O–H groups in total. The molecule has 2 aromatic rings. The number of hydrogen-bond donors (Lipinski definition) is 1. The van der Waals surface area contributed by atoms with Crippen LogP contribution in [0.4, 0.5) is 22.7 Å². The third-order valence-corrected chi connectivity index (χ3v) is 7.00. The van der Waals surface area contributed by atoms with Gasteiger partial charge in [-0.1, -0.05) is 25.4 Å². The second-order valence-corrected chi connectivity index (χ2v) is 10.0. The molecular weight excluding hydrogens is 482 g/mol. The van der Waals surface area contributed by atoms with E-state index in [0.717, 1.165) is 38.0 Å². The first-order valence-corrected chi connectivity index (χ1v) is 12.8. The predicted molar refractivity (Wildman–Crippen MR) is 142 cm³/mol. The molecular formula is C26H32ClN5O4. The largest absolute Gasteiger partial charge is 0.366 e. The Morgan fingerprint density at radius 3 is 2.19 bits per heavy atom. The lowest BCUT2D eigenvalue weighted by atomic mass is 10.1. The van der Waals surface area contributed by atoms with Crippen LogP contribution in [0, 0.1) is 16.0 Å². The molecule has 2 aliphatic rings. The molecule has 2 fully saturated rings. The molecule has 0 radical (unpaired) electrons. The Morgan fingerprint density at radius 2 is 1.56 bits per heavy atom. The number of nitro benzene ring substituents is 1. The fraction of sp³-hybridized carbons (Fsp3) is 0.462. The van der Waals surface area contributed by atoms with Crippen LogP contribution in [0.5, 0.6) is 0 Å². The van der Waals surface area contributed by atoms with Gasteiger partial charge in [-0.25, -0.2) is 0 Å². The van der Waals surface area contributed by atoms with E-state index in [-0.39, 0.29) is 23.1 Å². The molecule has 2 amide bonds. The summed E-state index contributed by atoms with van der Waals surface area (Å²) in [5, 5.41) is 15.2. The molecule has 10 heteroatoms. The summed E-state index contributed by atoms with van der Waals surface area (Å²) in [6.45, 7) is 7.77. The molecule has 0 atom stereocenters. The van der Waals surface area contributed by atoms with E-state index in [2.05, 4.69) is 10.2 Å². The third-order valence-electron chi connectivity index (χ3n) is 6.76. The topological polar surface area (TPSA) is 99.0 Å². The molecule has 2 saturated heterocycles. The van der Waals surface area contributed by atoms with Gasteiger partial charge in [0.2, 0.25) is 5.91 Å². The molecule has 0 aliphatic carbocycles. The van der Waals surface area contributed by atoms with Crippen LogP contribution in [0.15, 0.2) is 36.4 Å². The van der Waals surface area contributed by atoms with Crippen LogP contribution in [-0.2, 0) is 4.79 Å². The Bertz CT molecular complexity index is 1140. The zero-order valence-corrected chi connectivity index (χ0v) is 21.5. The van der Waals surface area contributed by atoms with Crippen molar-refractivity contribution >= 4 is 46.2 Å². The minimum absolute atomic E-state index is 0.0488. The maximum atomic E-state index is 13.2. The van der Waals surface area contributed by atoms with E-state index in [9.17, 15) is 19.7 Å². The number of rotatable bonds is 6. The molecule has 4 rings (SSSR count). The highest BCUT2D eigenvalue weighted by molar-refractivity contribution is 6.31. The molecule has 2 aromatic carbocycles. The Labute approximate surface area is 216 Å². The summed E-state index contributed by atoms with van der Waals surface area (Å²) >= 11 is 6.24. The van der Waals surface area contributed by atoms with Crippen LogP contribution in [0.25, 0.3) is 0 Å². The number of nitrogens with zero attached hydrogens (tertiary/aromatic N) is 4. The van der Waals surface area contributed by atoms with Crippen molar-refractivity contribution in [3.05, 3.63) is 57.1 Å². The Balaban J connectivity index is 1.53. The lowest BCUT2D eigenvalue weighted by Gasteiger charge is -2.37. The second-order valence-electron chi connectivity index (χ2n) is 9.59. The number of benzene rings is 2. The van der Waals surface area contributed by atoms with Gasteiger partial charge in [0.15, 0.2) is 0 Å². The van der Waals surface area contributed by atoms with Gasteiger partial charge in [0.05, 0.1) is 16.3 Å². The van der Waals surface area contributed by atoms with Gasteiger partial charge in [0.25, 0.3) is 11.6 Å². The molecule has 0 spiro atoms. The molecule has 0 unspecified atom stereocenters. The Hall–Kier alpha value is -3.33. The number of piperidine rings is 1. The highest BCUT2D eigenvalue weighted by Gasteiger charge is 2.26. The van der Waals surface area contributed by atoms with Crippen molar-refractivity contribution in [3.63, 3.8) is 0 Å². The number of carbonyl (C=O) groups is 2. The summed E-state index contributed by atoms with van der Waals surface area (Å²) < 4.78 is 0. The molecule has 36 heavy (non-hydrogen) atoms. The fourth-order valence-corrected chi connectivity index (χ4v) is 5.00. The maximum absolute atomic E-state index is 13.2. The first-order chi connectivity index (χ1) is 17.2. The van der Waals surface area contributed by atoms with Crippen LogP contribution in [-0.4, -0.2) is 60.9 Å². The summed E-state index contributed by atoms with van der Waals surface area (Å²) in [6, 6.07) is 9.93. The van der Waals surface area contributed by atoms with E-state index in [0.29, 0.717) is 42.6 Å². The van der Waals surface area contributed by atoms with E-state index < -0.39 is 10.8 Å². The Morgan fingerprint density at radius 1 is 0.917 bits per heavy atom. The number of halogens is 1. The van der Waals surface area contributed by atoms with Crippen LogP contribution < -0.4 is 15.1 Å². The quantitative estimate of drug-likeness (QED) is 0.440. The minimum atomic E-state index is -0.444. The van der Waals surface area contributed by atoms with Crippen LogP contribution >= 0.6 is 11.6 Å². The van der Waals surface area contributed by atoms with Gasteiger partial charge >= 0.3 is 0 Å². The smallest absolute Gasteiger partial charge is 0.293 e. The number of carbonyl (C=O) groups excluding carboxylic acids is 2. The van der Waals surface area contributed by atoms with Gasteiger partial charge in [-0.2, -0.15) is 0 Å². The lowest BCUT2D eigenvalue weighted by molar-refractivity contribution is -0.384. The summed E-state index contributed by atoms with van der Waals surface area (Å²) in [7, 11) is 0.